The number of hydrogen-bond donors (Lipinski definition) is 1. The molecule has 0 aliphatic rings. The minimum Gasteiger partial charge on any atom is -0.328 e. The predicted octanol–water partition coefficient (Wildman–Crippen LogP) is 2.14. The SMILES string of the molecule is Cl.[2H]C(c1ccc(F)cc1)C([2H])(N)C([2H])([2H])[2H]. The molecule has 1 nitrogen and oxygen atoms in total. The van der Waals surface area contributed by atoms with Crippen molar-refractivity contribution in [3.05, 3.63) is 35.6 Å². The summed E-state index contributed by atoms with van der Waals surface area (Å²) in [5, 5.41) is 0. The standard InChI is InChI=1S/C9H12FN.ClH/c1-7(11)6-8-2-4-9(10)5-3-8;/h2-5,7H,6,11H2,1H3;1H/i1D3,6D,7D;. The van der Waals surface area contributed by atoms with Crippen LogP contribution in [0.5, 0.6) is 0 Å². The van der Waals surface area contributed by atoms with Gasteiger partial charge in [-0.25, -0.2) is 4.39 Å². The highest BCUT2D eigenvalue weighted by Gasteiger charge is 1.96. The number of nitrogens with two attached hydrogens (primary N) is 1. The van der Waals surface area contributed by atoms with Gasteiger partial charge in [0, 0.05) is 12.9 Å². The molecule has 3 heteroatoms. The second kappa shape index (κ2) is 5.12. The Morgan fingerprint density at radius 2 is 2.25 bits per heavy atom. The average molecular weight is 195 g/mol. The Labute approximate surface area is 85.2 Å². The van der Waals surface area contributed by atoms with Gasteiger partial charge in [-0.15, -0.1) is 12.4 Å². The molecule has 0 aliphatic heterocycles. The van der Waals surface area contributed by atoms with Gasteiger partial charge in [-0.3, -0.25) is 0 Å². The van der Waals surface area contributed by atoms with E-state index in [2.05, 4.69) is 0 Å². The molecule has 1 aromatic rings. The first-order valence-electron chi connectivity index (χ1n) is 5.70. The molecule has 12 heavy (non-hydrogen) atoms. The summed E-state index contributed by atoms with van der Waals surface area (Å²) >= 11 is 0. The summed E-state index contributed by atoms with van der Waals surface area (Å²) in [6.45, 7) is -2.77. The van der Waals surface area contributed by atoms with Crippen LogP contribution in [0, 0.1) is 5.82 Å². The van der Waals surface area contributed by atoms with Gasteiger partial charge in [0.05, 0.1) is 0 Å². The maximum Gasteiger partial charge on any atom is 0.123 e. The van der Waals surface area contributed by atoms with E-state index in [0.717, 1.165) is 12.1 Å². The molecule has 1 aromatic carbocycles. The Morgan fingerprint density at radius 3 is 2.75 bits per heavy atom. The van der Waals surface area contributed by atoms with E-state index < -0.39 is 25.1 Å². The van der Waals surface area contributed by atoms with Gasteiger partial charge in [-0.1, -0.05) is 12.1 Å². The lowest BCUT2D eigenvalue weighted by molar-refractivity contribution is 0.626. The molecule has 0 spiro atoms. The molecule has 0 radical (unpaired) electrons. The Morgan fingerprint density at radius 1 is 1.67 bits per heavy atom. The zero-order chi connectivity index (χ0) is 12.6. The Balaban J connectivity index is 0.00000256. The first kappa shape index (κ1) is 5.20. The van der Waals surface area contributed by atoms with Crippen molar-refractivity contribution in [2.75, 3.05) is 0 Å². The molecule has 0 aromatic heterocycles. The topological polar surface area (TPSA) is 26.0 Å². The van der Waals surface area contributed by atoms with Gasteiger partial charge in [-0.2, -0.15) is 0 Å². The minimum atomic E-state index is -2.77. The van der Waals surface area contributed by atoms with Crippen LogP contribution in [0.4, 0.5) is 4.39 Å². The molecule has 0 amide bonds. The van der Waals surface area contributed by atoms with E-state index in [1.165, 1.54) is 12.1 Å². The van der Waals surface area contributed by atoms with Gasteiger partial charge in [0.2, 0.25) is 0 Å². The van der Waals surface area contributed by atoms with Crippen LogP contribution in [-0.4, -0.2) is 6.02 Å². The highest BCUT2D eigenvalue weighted by molar-refractivity contribution is 5.85. The molecule has 0 saturated carbocycles. The lowest BCUT2D eigenvalue weighted by atomic mass is 10.1. The molecule has 1 rings (SSSR count). The highest BCUT2D eigenvalue weighted by Crippen LogP contribution is 2.04. The zero-order valence-electron chi connectivity index (χ0n) is 11.3. The third kappa shape index (κ3) is 3.69. The molecule has 0 aliphatic carbocycles. The quantitative estimate of drug-likeness (QED) is 0.767. The first-order chi connectivity index (χ1) is 7.16. The van der Waals surface area contributed by atoms with Crippen LogP contribution in [0.3, 0.4) is 0 Å². The smallest absolute Gasteiger partial charge is 0.123 e. The van der Waals surface area contributed by atoms with Crippen molar-refractivity contribution in [3.63, 3.8) is 0 Å². The van der Waals surface area contributed by atoms with Gasteiger partial charge in [-0.05, 0) is 30.9 Å². The molecular formula is C9H13ClFN. The van der Waals surface area contributed by atoms with E-state index in [-0.39, 0.29) is 18.0 Å². The van der Waals surface area contributed by atoms with Crippen LogP contribution in [0.15, 0.2) is 24.3 Å². The third-order valence-electron chi connectivity index (χ3n) is 1.19. The molecule has 0 saturated heterocycles. The van der Waals surface area contributed by atoms with Crippen molar-refractivity contribution in [1.29, 1.82) is 0 Å². The largest absolute Gasteiger partial charge is 0.328 e. The van der Waals surface area contributed by atoms with E-state index >= 15 is 0 Å². The lowest BCUT2D eigenvalue weighted by Gasteiger charge is -2.03. The molecule has 0 bridgehead atoms. The fourth-order valence-corrected chi connectivity index (χ4v) is 0.739. The first-order valence-corrected chi connectivity index (χ1v) is 3.13. The normalized spacial score (nSPS) is 24.3. The van der Waals surface area contributed by atoms with Crippen molar-refractivity contribution in [3.8, 4) is 0 Å². The average Bonchev–Trinajstić information content (AvgIpc) is 2.16. The third-order valence-corrected chi connectivity index (χ3v) is 1.19. The van der Waals surface area contributed by atoms with Crippen molar-refractivity contribution >= 4 is 12.4 Å². The summed E-state index contributed by atoms with van der Waals surface area (Å²) in [4.78, 5) is 0. The summed E-state index contributed by atoms with van der Waals surface area (Å²) in [6.07, 6.45) is -1.46. The van der Waals surface area contributed by atoms with Crippen LogP contribution in [-0.2, 0) is 6.40 Å². The lowest BCUT2D eigenvalue weighted by Crippen LogP contribution is -2.17. The number of rotatable bonds is 2. The molecule has 2 atom stereocenters. The number of benzene rings is 1. The zero-order valence-corrected chi connectivity index (χ0v) is 7.07. The number of halogens is 2. The van der Waals surface area contributed by atoms with Crippen LogP contribution in [0.2, 0.25) is 0 Å². The summed E-state index contributed by atoms with van der Waals surface area (Å²) in [6, 6.07) is 2.31. The van der Waals surface area contributed by atoms with Crippen molar-refractivity contribution in [1.82, 2.24) is 0 Å². The maximum atomic E-state index is 12.6. The van der Waals surface area contributed by atoms with Crippen molar-refractivity contribution in [2.24, 2.45) is 5.73 Å². The molecule has 2 N–H and O–H groups in total. The van der Waals surface area contributed by atoms with E-state index in [1.54, 1.807) is 0 Å². The van der Waals surface area contributed by atoms with E-state index in [9.17, 15) is 4.39 Å². The second-order valence-corrected chi connectivity index (χ2v) is 2.15. The van der Waals surface area contributed by atoms with Gasteiger partial charge < -0.3 is 5.73 Å². The summed E-state index contributed by atoms with van der Waals surface area (Å²) in [5.74, 6) is -0.488. The fourth-order valence-electron chi connectivity index (χ4n) is 0.739. The van der Waals surface area contributed by atoms with Gasteiger partial charge >= 0.3 is 0 Å². The van der Waals surface area contributed by atoms with Gasteiger partial charge in [0.15, 0.2) is 0 Å². The molecule has 68 valence electrons. The predicted molar refractivity (Wildman–Crippen MR) is 51.0 cm³/mol. The van der Waals surface area contributed by atoms with Crippen LogP contribution >= 0.6 is 12.4 Å². The van der Waals surface area contributed by atoms with Crippen molar-refractivity contribution < 1.29 is 11.2 Å². The maximum absolute atomic E-state index is 12.6. The van der Waals surface area contributed by atoms with Gasteiger partial charge in [0.25, 0.3) is 0 Å². The second-order valence-electron chi connectivity index (χ2n) is 2.15. The minimum absolute atomic E-state index is 0. The molecule has 0 heterocycles. The monoisotopic (exact) mass is 194 g/mol. The summed E-state index contributed by atoms with van der Waals surface area (Å²) in [5.41, 5.74) is 5.53. The number of hydrogen-bond acceptors (Lipinski definition) is 1. The Kier molecular flexibility index (Phi) is 2.22. The van der Waals surface area contributed by atoms with E-state index in [0.29, 0.717) is 0 Å². The van der Waals surface area contributed by atoms with E-state index in [4.69, 9.17) is 12.6 Å². The van der Waals surface area contributed by atoms with Crippen molar-refractivity contribution in [2.45, 2.75) is 19.3 Å². The molecule has 0 fully saturated rings. The molecule has 2 unspecified atom stereocenters. The Bertz CT molecular complexity index is 365. The summed E-state index contributed by atoms with van der Waals surface area (Å²) in [7, 11) is 0. The fraction of sp³-hybridized carbons (Fsp3) is 0.333. The highest BCUT2D eigenvalue weighted by atomic mass is 35.5. The molecular weight excluding hydrogens is 177 g/mol. The summed E-state index contributed by atoms with van der Waals surface area (Å²) < 4.78 is 49.0. The van der Waals surface area contributed by atoms with Gasteiger partial charge in [0.1, 0.15) is 5.82 Å². The van der Waals surface area contributed by atoms with Crippen LogP contribution < -0.4 is 5.73 Å². The van der Waals surface area contributed by atoms with Crippen LogP contribution in [0.25, 0.3) is 0 Å². The Hall–Kier alpha value is -0.600. The van der Waals surface area contributed by atoms with E-state index in [1.807, 2.05) is 0 Å². The van der Waals surface area contributed by atoms with Crippen LogP contribution in [0.1, 0.15) is 19.3 Å².